The van der Waals surface area contributed by atoms with Crippen LogP contribution >= 0.6 is 0 Å². The predicted molar refractivity (Wildman–Crippen MR) is 90.3 cm³/mol. The number of rotatable bonds is 2. The monoisotopic (exact) mass is 348 g/mol. The number of amides is 1. The van der Waals surface area contributed by atoms with Crippen LogP contribution in [0.15, 0.2) is 0 Å². The Bertz CT molecular complexity index is 537. The molecule has 2 heterocycles. The van der Waals surface area contributed by atoms with Gasteiger partial charge in [-0.3, -0.25) is 9.59 Å². The number of piperidine rings is 1. The number of likely N-dealkylation sites (tertiary alicyclic amines) is 1. The van der Waals surface area contributed by atoms with Crippen molar-refractivity contribution in [3.05, 3.63) is 0 Å². The van der Waals surface area contributed by atoms with Crippen molar-refractivity contribution in [3.8, 4) is 6.07 Å². The third kappa shape index (κ3) is 3.52. The van der Waals surface area contributed by atoms with Gasteiger partial charge in [0.25, 0.3) is 0 Å². The van der Waals surface area contributed by atoms with Gasteiger partial charge in [-0.25, -0.2) is 0 Å². The maximum atomic E-state index is 13.1. The third-order valence-corrected chi connectivity index (χ3v) is 6.21. The molecule has 0 aromatic heterocycles. The zero-order valence-electron chi connectivity index (χ0n) is 15.0. The molecule has 0 aromatic carbocycles. The fraction of sp³-hybridized carbons (Fsp3) is 0.842. The molecule has 25 heavy (non-hydrogen) atoms. The topological polar surface area (TPSA) is 79.6 Å². The van der Waals surface area contributed by atoms with Gasteiger partial charge in [0.05, 0.1) is 19.1 Å². The van der Waals surface area contributed by atoms with Gasteiger partial charge in [-0.05, 0) is 57.8 Å². The second kappa shape index (κ2) is 7.74. The summed E-state index contributed by atoms with van der Waals surface area (Å²) >= 11 is 0. The Morgan fingerprint density at radius 1 is 1.12 bits per heavy atom. The highest BCUT2D eigenvalue weighted by atomic mass is 16.5. The summed E-state index contributed by atoms with van der Waals surface area (Å²) in [5.74, 6) is -0.276. The first-order valence-electron chi connectivity index (χ1n) is 9.53. The second-order valence-electron chi connectivity index (χ2n) is 7.61. The van der Waals surface area contributed by atoms with Gasteiger partial charge in [0.1, 0.15) is 11.6 Å². The van der Waals surface area contributed by atoms with Crippen LogP contribution in [0.5, 0.6) is 0 Å². The standard InChI is InChI=1S/C19H28N2O4/c1-24-18(23)15-7-5-14(6-8-15)17(22)21-11-4-10-19(16(21)13-20)9-2-3-12-25-19/h14-16H,2-12H2,1H3/t14?,15?,16-,19+/m1/s1. The van der Waals surface area contributed by atoms with E-state index in [4.69, 9.17) is 9.47 Å². The Morgan fingerprint density at radius 3 is 2.40 bits per heavy atom. The minimum absolute atomic E-state index is 0.0723. The molecule has 138 valence electrons. The molecule has 6 heteroatoms. The predicted octanol–water partition coefficient (Wildman–Crippen LogP) is 2.42. The molecule has 0 N–H and O–H groups in total. The van der Waals surface area contributed by atoms with Crippen molar-refractivity contribution in [1.29, 1.82) is 5.26 Å². The number of hydrogen-bond donors (Lipinski definition) is 0. The quantitative estimate of drug-likeness (QED) is 0.716. The number of nitriles is 1. The van der Waals surface area contributed by atoms with E-state index in [2.05, 4.69) is 6.07 Å². The lowest BCUT2D eigenvalue weighted by Gasteiger charge is -2.49. The molecule has 6 nitrogen and oxygen atoms in total. The van der Waals surface area contributed by atoms with Crippen LogP contribution in [-0.2, 0) is 19.1 Å². The summed E-state index contributed by atoms with van der Waals surface area (Å²) < 4.78 is 10.9. The van der Waals surface area contributed by atoms with Gasteiger partial charge in [0, 0.05) is 19.1 Å². The van der Waals surface area contributed by atoms with Crippen LogP contribution in [0.25, 0.3) is 0 Å². The number of carbonyl (C=O) groups is 2. The molecule has 0 bridgehead atoms. The number of hydrogen-bond acceptors (Lipinski definition) is 5. The van der Waals surface area contributed by atoms with Crippen molar-refractivity contribution in [1.82, 2.24) is 4.90 Å². The van der Waals surface area contributed by atoms with E-state index in [0.29, 0.717) is 38.8 Å². The van der Waals surface area contributed by atoms with E-state index in [1.807, 2.05) is 0 Å². The molecule has 2 aliphatic heterocycles. The van der Waals surface area contributed by atoms with Crippen LogP contribution in [0.2, 0.25) is 0 Å². The second-order valence-corrected chi connectivity index (χ2v) is 7.61. The molecular formula is C19H28N2O4. The first-order valence-corrected chi connectivity index (χ1v) is 9.53. The summed E-state index contributed by atoms with van der Waals surface area (Å²) in [7, 11) is 1.41. The summed E-state index contributed by atoms with van der Waals surface area (Å²) in [5, 5.41) is 9.79. The van der Waals surface area contributed by atoms with Gasteiger partial charge in [0.2, 0.25) is 5.91 Å². The molecule has 1 aliphatic carbocycles. The number of nitrogens with zero attached hydrogens (tertiary/aromatic N) is 2. The average Bonchev–Trinajstić information content (AvgIpc) is 2.67. The largest absolute Gasteiger partial charge is 0.469 e. The van der Waals surface area contributed by atoms with Gasteiger partial charge in [-0.2, -0.15) is 5.26 Å². The Kier molecular flexibility index (Phi) is 5.63. The molecule has 0 aromatic rings. The van der Waals surface area contributed by atoms with E-state index in [1.165, 1.54) is 7.11 Å². The average molecular weight is 348 g/mol. The van der Waals surface area contributed by atoms with E-state index in [9.17, 15) is 14.9 Å². The SMILES string of the molecule is COC(=O)C1CCC(C(=O)N2CCC[C@@]3(CCCCO3)[C@H]2C#N)CC1. The van der Waals surface area contributed by atoms with Crippen LogP contribution in [0, 0.1) is 23.2 Å². The first-order chi connectivity index (χ1) is 12.1. The lowest BCUT2D eigenvalue weighted by atomic mass is 9.77. The van der Waals surface area contributed by atoms with Gasteiger partial charge in [0.15, 0.2) is 0 Å². The van der Waals surface area contributed by atoms with Crippen molar-refractivity contribution in [2.45, 2.75) is 69.4 Å². The number of carbonyl (C=O) groups excluding carboxylic acids is 2. The maximum absolute atomic E-state index is 13.1. The Hall–Kier alpha value is -1.61. The zero-order valence-corrected chi connectivity index (χ0v) is 15.0. The molecule has 1 saturated carbocycles. The summed E-state index contributed by atoms with van der Waals surface area (Å²) in [5.41, 5.74) is -0.468. The number of ether oxygens (including phenoxy) is 2. The maximum Gasteiger partial charge on any atom is 0.308 e. The highest BCUT2D eigenvalue weighted by Crippen LogP contribution is 2.40. The fourth-order valence-corrected chi connectivity index (χ4v) is 4.79. The Labute approximate surface area is 149 Å². The summed E-state index contributed by atoms with van der Waals surface area (Å²) in [6.07, 6.45) is 7.49. The molecule has 3 rings (SSSR count). The lowest BCUT2D eigenvalue weighted by molar-refractivity contribution is -0.164. The van der Waals surface area contributed by atoms with Gasteiger partial charge >= 0.3 is 5.97 Å². The molecule has 3 fully saturated rings. The minimum Gasteiger partial charge on any atom is -0.469 e. The van der Waals surface area contributed by atoms with E-state index < -0.39 is 11.6 Å². The smallest absolute Gasteiger partial charge is 0.308 e. The molecule has 1 amide bonds. The fourth-order valence-electron chi connectivity index (χ4n) is 4.79. The molecule has 0 radical (unpaired) electrons. The molecule has 1 spiro atoms. The van der Waals surface area contributed by atoms with Gasteiger partial charge in [-0.15, -0.1) is 0 Å². The molecule has 3 aliphatic rings. The first kappa shape index (κ1) is 18.2. The normalized spacial score (nSPS) is 35.8. The summed E-state index contributed by atoms with van der Waals surface area (Å²) in [6.45, 7) is 1.32. The van der Waals surface area contributed by atoms with Crippen molar-refractivity contribution in [2.24, 2.45) is 11.8 Å². The summed E-state index contributed by atoms with van der Waals surface area (Å²) in [4.78, 5) is 26.5. The van der Waals surface area contributed by atoms with Crippen molar-refractivity contribution in [2.75, 3.05) is 20.3 Å². The van der Waals surface area contributed by atoms with Crippen LogP contribution < -0.4 is 0 Å². The molecule has 2 atom stereocenters. The third-order valence-electron chi connectivity index (χ3n) is 6.21. The zero-order chi connectivity index (χ0) is 17.9. The van der Waals surface area contributed by atoms with E-state index in [1.54, 1.807) is 4.90 Å². The molecule has 2 saturated heterocycles. The Balaban J connectivity index is 1.67. The lowest BCUT2D eigenvalue weighted by Crippen LogP contribution is -2.61. The van der Waals surface area contributed by atoms with E-state index in [-0.39, 0.29) is 23.7 Å². The van der Waals surface area contributed by atoms with Crippen molar-refractivity contribution < 1.29 is 19.1 Å². The van der Waals surface area contributed by atoms with Gasteiger partial charge in [-0.1, -0.05) is 0 Å². The van der Waals surface area contributed by atoms with Crippen molar-refractivity contribution in [3.63, 3.8) is 0 Å². The number of esters is 1. The molecular weight excluding hydrogens is 320 g/mol. The van der Waals surface area contributed by atoms with E-state index >= 15 is 0 Å². The van der Waals surface area contributed by atoms with Crippen LogP contribution in [-0.4, -0.2) is 48.7 Å². The Morgan fingerprint density at radius 2 is 1.80 bits per heavy atom. The highest BCUT2D eigenvalue weighted by molar-refractivity contribution is 5.80. The van der Waals surface area contributed by atoms with E-state index in [0.717, 1.165) is 32.1 Å². The van der Waals surface area contributed by atoms with Gasteiger partial charge < -0.3 is 14.4 Å². The van der Waals surface area contributed by atoms with Crippen molar-refractivity contribution >= 4 is 11.9 Å². The van der Waals surface area contributed by atoms with Crippen LogP contribution in [0.4, 0.5) is 0 Å². The highest BCUT2D eigenvalue weighted by Gasteiger charge is 2.49. The number of methoxy groups -OCH3 is 1. The van der Waals surface area contributed by atoms with Crippen LogP contribution in [0.3, 0.4) is 0 Å². The summed E-state index contributed by atoms with van der Waals surface area (Å²) in [6, 6.07) is 1.90. The van der Waals surface area contributed by atoms with Crippen LogP contribution in [0.1, 0.15) is 57.8 Å². The minimum atomic E-state index is -0.479. The molecule has 0 unspecified atom stereocenters.